The topological polar surface area (TPSA) is 67.1 Å². The second kappa shape index (κ2) is 10.4. The van der Waals surface area contributed by atoms with Crippen LogP contribution in [-0.4, -0.2) is 27.8 Å². The van der Waals surface area contributed by atoms with Gasteiger partial charge in [-0.1, -0.05) is 29.8 Å². The molecule has 1 aromatic carbocycles. The van der Waals surface area contributed by atoms with Gasteiger partial charge in [-0.05, 0) is 49.2 Å². The van der Waals surface area contributed by atoms with Gasteiger partial charge in [0.1, 0.15) is 0 Å². The Balaban J connectivity index is 0.00000280. The van der Waals surface area contributed by atoms with Gasteiger partial charge < -0.3 is 10.6 Å². The summed E-state index contributed by atoms with van der Waals surface area (Å²) in [5, 5.41) is 11.7. The van der Waals surface area contributed by atoms with Crippen molar-refractivity contribution in [3.8, 4) is 5.82 Å². The van der Waals surface area contributed by atoms with Crippen LogP contribution < -0.4 is 10.6 Å². The highest BCUT2D eigenvalue weighted by Crippen LogP contribution is 2.11. The van der Waals surface area contributed by atoms with E-state index in [1.165, 1.54) is 0 Å². The molecule has 0 aliphatic heterocycles. The standard InChI is InChI=1S/C20H23ClN6.HI/c1-14-9-15(2)27(26-14)19-8-7-17(12-23-19)13-25-20(22-3)24-11-16-5-4-6-18(21)10-16;/h4-10,12H,11,13H2,1-3H3,(H2,22,24,25);1H. The molecule has 0 bridgehead atoms. The highest BCUT2D eigenvalue weighted by atomic mass is 127. The molecular weight excluding hydrogens is 487 g/mol. The molecule has 3 aromatic rings. The number of nitrogens with one attached hydrogen (secondary N) is 2. The van der Waals surface area contributed by atoms with E-state index in [1.807, 2.05) is 67.2 Å². The predicted octanol–water partition coefficient (Wildman–Crippen LogP) is 4.02. The lowest BCUT2D eigenvalue weighted by molar-refractivity contribution is 0.790. The third-order valence-corrected chi connectivity index (χ3v) is 4.30. The van der Waals surface area contributed by atoms with E-state index in [1.54, 1.807) is 7.05 Å². The normalized spacial score (nSPS) is 11.1. The first-order valence-electron chi connectivity index (χ1n) is 8.72. The monoisotopic (exact) mass is 510 g/mol. The van der Waals surface area contributed by atoms with Crippen LogP contribution in [0.2, 0.25) is 5.02 Å². The lowest BCUT2D eigenvalue weighted by atomic mass is 10.2. The van der Waals surface area contributed by atoms with Crippen LogP contribution in [0, 0.1) is 13.8 Å². The van der Waals surface area contributed by atoms with Gasteiger partial charge in [0.2, 0.25) is 0 Å². The molecule has 28 heavy (non-hydrogen) atoms. The third kappa shape index (κ3) is 5.93. The van der Waals surface area contributed by atoms with Gasteiger partial charge in [-0.2, -0.15) is 5.10 Å². The van der Waals surface area contributed by atoms with Gasteiger partial charge in [0.15, 0.2) is 11.8 Å². The first-order chi connectivity index (χ1) is 13.0. The minimum absolute atomic E-state index is 0. The summed E-state index contributed by atoms with van der Waals surface area (Å²) in [5.41, 5.74) is 4.21. The summed E-state index contributed by atoms with van der Waals surface area (Å²) in [6, 6.07) is 13.8. The van der Waals surface area contributed by atoms with Crippen LogP contribution in [0.15, 0.2) is 53.7 Å². The molecule has 0 amide bonds. The van der Waals surface area contributed by atoms with E-state index in [0.29, 0.717) is 13.1 Å². The molecular formula is C20H24ClIN6. The van der Waals surface area contributed by atoms with Crippen LogP contribution in [0.25, 0.3) is 5.82 Å². The largest absolute Gasteiger partial charge is 0.352 e. The average Bonchev–Trinajstić information content (AvgIpc) is 3.00. The first kappa shape index (κ1) is 22.2. The van der Waals surface area contributed by atoms with Crippen molar-refractivity contribution in [1.29, 1.82) is 0 Å². The van der Waals surface area contributed by atoms with E-state index in [-0.39, 0.29) is 24.0 Å². The van der Waals surface area contributed by atoms with Gasteiger partial charge in [-0.15, -0.1) is 24.0 Å². The fourth-order valence-electron chi connectivity index (χ4n) is 2.75. The number of halogens is 2. The molecule has 0 aliphatic carbocycles. The lowest BCUT2D eigenvalue weighted by Crippen LogP contribution is -2.36. The van der Waals surface area contributed by atoms with Gasteiger partial charge >= 0.3 is 0 Å². The van der Waals surface area contributed by atoms with Crippen LogP contribution >= 0.6 is 35.6 Å². The van der Waals surface area contributed by atoms with Gasteiger partial charge in [0, 0.05) is 37.1 Å². The smallest absolute Gasteiger partial charge is 0.191 e. The summed E-state index contributed by atoms with van der Waals surface area (Å²) >= 11 is 6.02. The zero-order valence-corrected chi connectivity index (χ0v) is 19.2. The molecule has 0 fully saturated rings. The summed E-state index contributed by atoms with van der Waals surface area (Å²) in [6.07, 6.45) is 1.85. The number of aryl methyl sites for hydroxylation is 2. The number of benzene rings is 1. The molecule has 0 saturated heterocycles. The Morgan fingerprint density at radius 1 is 1.07 bits per heavy atom. The maximum atomic E-state index is 6.02. The molecule has 2 aromatic heterocycles. The van der Waals surface area contributed by atoms with Crippen molar-refractivity contribution in [3.05, 3.63) is 76.2 Å². The highest BCUT2D eigenvalue weighted by Gasteiger charge is 2.05. The van der Waals surface area contributed by atoms with Crippen molar-refractivity contribution in [1.82, 2.24) is 25.4 Å². The molecule has 0 atom stereocenters. The lowest BCUT2D eigenvalue weighted by Gasteiger charge is -2.12. The van der Waals surface area contributed by atoms with Crippen molar-refractivity contribution < 1.29 is 0 Å². The maximum absolute atomic E-state index is 6.02. The summed E-state index contributed by atoms with van der Waals surface area (Å²) < 4.78 is 1.85. The molecule has 0 saturated carbocycles. The van der Waals surface area contributed by atoms with E-state index < -0.39 is 0 Å². The van der Waals surface area contributed by atoms with E-state index in [4.69, 9.17) is 11.6 Å². The summed E-state index contributed by atoms with van der Waals surface area (Å²) in [4.78, 5) is 8.76. The van der Waals surface area contributed by atoms with Crippen molar-refractivity contribution in [2.75, 3.05) is 7.05 Å². The molecule has 148 valence electrons. The van der Waals surface area contributed by atoms with Gasteiger partial charge in [0.05, 0.1) is 5.69 Å². The number of hydrogen-bond donors (Lipinski definition) is 2. The molecule has 8 heteroatoms. The summed E-state index contributed by atoms with van der Waals surface area (Å²) in [5.74, 6) is 1.53. The Hall–Kier alpha value is -2.13. The number of guanidine groups is 1. The van der Waals surface area contributed by atoms with Crippen molar-refractivity contribution in [3.63, 3.8) is 0 Å². The van der Waals surface area contributed by atoms with Crippen LogP contribution in [0.4, 0.5) is 0 Å². The fourth-order valence-corrected chi connectivity index (χ4v) is 2.96. The zero-order chi connectivity index (χ0) is 19.2. The van der Waals surface area contributed by atoms with Crippen LogP contribution in [-0.2, 0) is 13.1 Å². The number of nitrogens with zero attached hydrogens (tertiary/aromatic N) is 4. The Morgan fingerprint density at radius 3 is 2.39 bits per heavy atom. The van der Waals surface area contributed by atoms with Crippen LogP contribution in [0.5, 0.6) is 0 Å². The molecule has 0 spiro atoms. The molecule has 0 radical (unpaired) electrons. The number of aliphatic imine (C=N–C) groups is 1. The number of pyridine rings is 1. The molecule has 3 rings (SSSR count). The second-order valence-corrected chi connectivity index (χ2v) is 6.71. The molecule has 2 N–H and O–H groups in total. The predicted molar refractivity (Wildman–Crippen MR) is 125 cm³/mol. The summed E-state index contributed by atoms with van der Waals surface area (Å²) in [6.45, 7) is 5.27. The van der Waals surface area contributed by atoms with E-state index in [9.17, 15) is 0 Å². The SMILES string of the molecule is CN=C(NCc1ccc(-n2nc(C)cc2C)nc1)NCc1cccc(Cl)c1.I. The van der Waals surface area contributed by atoms with Gasteiger partial charge in [-0.25, -0.2) is 9.67 Å². The quantitative estimate of drug-likeness (QED) is 0.309. The van der Waals surface area contributed by atoms with E-state index in [0.717, 1.165) is 39.3 Å². The number of rotatable bonds is 5. The summed E-state index contributed by atoms with van der Waals surface area (Å²) in [7, 11) is 1.75. The Morgan fingerprint density at radius 2 is 1.82 bits per heavy atom. The Bertz CT molecular complexity index is 936. The first-order valence-corrected chi connectivity index (χ1v) is 9.10. The van der Waals surface area contributed by atoms with Crippen molar-refractivity contribution in [2.45, 2.75) is 26.9 Å². The third-order valence-electron chi connectivity index (χ3n) is 4.07. The highest BCUT2D eigenvalue weighted by molar-refractivity contribution is 14.0. The van der Waals surface area contributed by atoms with Crippen molar-refractivity contribution >= 4 is 41.5 Å². The van der Waals surface area contributed by atoms with Crippen LogP contribution in [0.3, 0.4) is 0 Å². The minimum atomic E-state index is 0. The Kier molecular flexibility index (Phi) is 8.25. The zero-order valence-electron chi connectivity index (χ0n) is 16.1. The molecule has 0 aliphatic rings. The number of hydrogen-bond acceptors (Lipinski definition) is 3. The second-order valence-electron chi connectivity index (χ2n) is 6.27. The fraction of sp³-hybridized carbons (Fsp3) is 0.250. The van der Waals surface area contributed by atoms with Crippen molar-refractivity contribution in [2.24, 2.45) is 4.99 Å². The Labute approximate surface area is 187 Å². The molecule has 0 unspecified atom stereocenters. The average molecular weight is 511 g/mol. The van der Waals surface area contributed by atoms with E-state index >= 15 is 0 Å². The molecule has 6 nitrogen and oxygen atoms in total. The van der Waals surface area contributed by atoms with Gasteiger partial charge in [-0.3, -0.25) is 4.99 Å². The van der Waals surface area contributed by atoms with E-state index in [2.05, 4.69) is 25.7 Å². The minimum Gasteiger partial charge on any atom is -0.352 e. The molecule has 2 heterocycles. The number of aromatic nitrogens is 3. The van der Waals surface area contributed by atoms with Gasteiger partial charge in [0.25, 0.3) is 0 Å². The maximum Gasteiger partial charge on any atom is 0.191 e. The van der Waals surface area contributed by atoms with Crippen LogP contribution in [0.1, 0.15) is 22.5 Å².